The first-order valence-corrected chi connectivity index (χ1v) is 12.7. The minimum Gasteiger partial charge on any atom is -0.507 e. The fourth-order valence-electron chi connectivity index (χ4n) is 3.90. The molecule has 2 heterocycles. The highest BCUT2D eigenvalue weighted by Crippen LogP contribution is 2.32. The molecule has 4 rings (SSSR count). The Hall–Kier alpha value is -3.05. The van der Waals surface area contributed by atoms with Crippen LogP contribution in [0, 0.1) is 0 Å². The lowest BCUT2D eigenvalue weighted by Crippen LogP contribution is -2.23. The third-order valence-corrected chi connectivity index (χ3v) is 6.96. The van der Waals surface area contributed by atoms with Crippen molar-refractivity contribution in [3.8, 4) is 17.1 Å². The molecule has 0 fully saturated rings. The molecule has 4 aromatic rings. The van der Waals surface area contributed by atoms with E-state index in [0.29, 0.717) is 41.9 Å². The first-order valence-electron chi connectivity index (χ1n) is 11.0. The number of rotatable bonds is 8. The topological polar surface area (TPSA) is 107 Å². The maximum Gasteiger partial charge on any atom is 0.329 e. The molecule has 11 heteroatoms. The van der Waals surface area contributed by atoms with Gasteiger partial charge < -0.3 is 15.0 Å². The summed E-state index contributed by atoms with van der Waals surface area (Å²) in [6.45, 7) is 7.54. The number of aryl methyl sites for hydroxylation is 2. The summed E-state index contributed by atoms with van der Waals surface area (Å²) < 4.78 is 6.10. The van der Waals surface area contributed by atoms with Crippen LogP contribution < -0.4 is 11.0 Å². The number of anilines is 1. The van der Waals surface area contributed by atoms with Crippen molar-refractivity contribution in [2.24, 2.45) is 0 Å². The predicted octanol–water partition coefficient (Wildman–Crippen LogP) is 4.32. The molecule has 2 aromatic carbocycles. The Bertz CT molecular complexity index is 1420. The third-order valence-electron chi connectivity index (χ3n) is 5.50. The number of hydrogen-bond acceptors (Lipinski definition) is 6. The number of fused-ring (bicyclic) bond motifs is 1. The molecule has 0 spiro atoms. The number of nitrogens with zero attached hydrogens (tertiary/aromatic N) is 5. The van der Waals surface area contributed by atoms with E-state index >= 15 is 0 Å². The van der Waals surface area contributed by atoms with Crippen LogP contribution in [0.5, 0.6) is 5.75 Å². The number of aromatic hydroxyl groups is 1. The molecule has 0 aliphatic rings. The maximum atomic E-state index is 12.7. The fraction of sp³-hybridized carbons (Fsp3) is 0.304. The van der Waals surface area contributed by atoms with Gasteiger partial charge >= 0.3 is 5.69 Å². The van der Waals surface area contributed by atoms with Crippen LogP contribution in [0.25, 0.3) is 22.4 Å². The summed E-state index contributed by atoms with van der Waals surface area (Å²) in [5.41, 5.74) is 2.79. The summed E-state index contributed by atoms with van der Waals surface area (Å²) in [5.74, 6) is 0.587. The SMILES string of the molecule is CCn1c(SCC(=O)Nc2ccc3c(c2)n(CC)c(=O)n3CC)nnc1-c1cc(Br)ccc1O. The quantitative estimate of drug-likeness (QED) is 0.320. The number of nitrogens with one attached hydrogen (secondary N) is 1. The standard InChI is InChI=1S/C23H25BrN6O3S/c1-4-28-17-9-8-15(12-18(17)29(5-2)23(28)33)25-20(32)13-34-22-27-26-21(30(22)6-3)16-11-14(24)7-10-19(16)31/h7-12,31H,4-6,13H2,1-3H3,(H,25,32). The lowest BCUT2D eigenvalue weighted by atomic mass is 10.2. The average Bonchev–Trinajstić information content (AvgIpc) is 3.35. The second-order valence-corrected chi connectivity index (χ2v) is 9.38. The summed E-state index contributed by atoms with van der Waals surface area (Å²) >= 11 is 4.69. The van der Waals surface area contributed by atoms with Crippen LogP contribution in [0.3, 0.4) is 0 Å². The number of carbonyl (C=O) groups excluding carboxylic acids is 1. The van der Waals surface area contributed by atoms with Crippen LogP contribution in [-0.2, 0) is 24.4 Å². The molecule has 0 unspecified atom stereocenters. The number of benzene rings is 2. The van der Waals surface area contributed by atoms with E-state index in [2.05, 4.69) is 31.4 Å². The Kier molecular flexibility index (Phi) is 7.13. The van der Waals surface area contributed by atoms with E-state index in [-0.39, 0.29) is 23.1 Å². The van der Waals surface area contributed by atoms with Crippen LogP contribution in [0.2, 0.25) is 0 Å². The molecule has 0 atom stereocenters. The van der Waals surface area contributed by atoms with Crippen molar-refractivity contribution < 1.29 is 9.90 Å². The minimum absolute atomic E-state index is 0.0507. The lowest BCUT2D eigenvalue weighted by molar-refractivity contribution is -0.113. The Labute approximate surface area is 208 Å². The zero-order valence-electron chi connectivity index (χ0n) is 19.1. The van der Waals surface area contributed by atoms with E-state index in [4.69, 9.17) is 0 Å². The van der Waals surface area contributed by atoms with Gasteiger partial charge in [0.25, 0.3) is 0 Å². The molecule has 0 saturated carbocycles. The Balaban J connectivity index is 1.51. The lowest BCUT2D eigenvalue weighted by Gasteiger charge is -2.09. The summed E-state index contributed by atoms with van der Waals surface area (Å²) in [7, 11) is 0. The van der Waals surface area contributed by atoms with Gasteiger partial charge in [-0.05, 0) is 57.2 Å². The molecule has 1 amide bonds. The molecular weight excluding hydrogens is 520 g/mol. The molecule has 0 radical (unpaired) electrons. The number of amides is 1. The number of hydrogen-bond donors (Lipinski definition) is 2. The van der Waals surface area contributed by atoms with Crippen LogP contribution in [0.15, 0.2) is 50.8 Å². The van der Waals surface area contributed by atoms with Gasteiger partial charge in [0.1, 0.15) is 5.75 Å². The van der Waals surface area contributed by atoms with Crippen LogP contribution in [-0.4, -0.2) is 40.7 Å². The van der Waals surface area contributed by atoms with Crippen molar-refractivity contribution in [2.45, 2.75) is 45.6 Å². The number of halogens is 1. The Morgan fingerprint density at radius 1 is 1.00 bits per heavy atom. The van der Waals surface area contributed by atoms with E-state index in [0.717, 1.165) is 15.5 Å². The van der Waals surface area contributed by atoms with E-state index in [1.807, 2.05) is 37.5 Å². The summed E-state index contributed by atoms with van der Waals surface area (Å²) in [4.78, 5) is 25.2. The van der Waals surface area contributed by atoms with Gasteiger partial charge in [0.15, 0.2) is 11.0 Å². The number of phenols is 1. The molecule has 0 saturated heterocycles. The third kappa shape index (κ3) is 4.49. The normalized spacial score (nSPS) is 11.3. The Morgan fingerprint density at radius 3 is 2.41 bits per heavy atom. The number of aromatic nitrogens is 5. The summed E-state index contributed by atoms with van der Waals surface area (Å²) in [6, 6.07) is 10.6. The summed E-state index contributed by atoms with van der Waals surface area (Å²) in [6.07, 6.45) is 0. The fourth-order valence-corrected chi connectivity index (χ4v) is 5.07. The first-order chi connectivity index (χ1) is 16.4. The monoisotopic (exact) mass is 544 g/mol. The van der Waals surface area contributed by atoms with Crippen molar-refractivity contribution in [1.82, 2.24) is 23.9 Å². The number of phenolic OH excluding ortho intramolecular Hbond substituents is 1. The van der Waals surface area contributed by atoms with Crippen molar-refractivity contribution >= 4 is 50.3 Å². The van der Waals surface area contributed by atoms with Crippen LogP contribution in [0.4, 0.5) is 5.69 Å². The van der Waals surface area contributed by atoms with Crippen LogP contribution >= 0.6 is 27.7 Å². The van der Waals surface area contributed by atoms with Crippen molar-refractivity contribution in [2.75, 3.05) is 11.1 Å². The molecular formula is C23H25BrN6O3S. The van der Waals surface area contributed by atoms with Gasteiger partial charge in [-0.3, -0.25) is 13.9 Å². The molecule has 2 aromatic heterocycles. The van der Waals surface area contributed by atoms with Crippen molar-refractivity contribution in [1.29, 1.82) is 0 Å². The number of imidazole rings is 1. The second kappa shape index (κ2) is 10.1. The molecule has 9 nitrogen and oxygen atoms in total. The first kappa shape index (κ1) is 24.1. The van der Waals surface area contributed by atoms with Gasteiger partial charge in [0.05, 0.1) is 22.3 Å². The van der Waals surface area contributed by atoms with Gasteiger partial charge in [-0.2, -0.15) is 0 Å². The van der Waals surface area contributed by atoms with Gasteiger partial charge in [0.2, 0.25) is 5.91 Å². The summed E-state index contributed by atoms with van der Waals surface area (Å²) in [5, 5.41) is 22.2. The molecule has 34 heavy (non-hydrogen) atoms. The highest BCUT2D eigenvalue weighted by Gasteiger charge is 2.18. The maximum absolute atomic E-state index is 12.7. The smallest absolute Gasteiger partial charge is 0.329 e. The van der Waals surface area contributed by atoms with E-state index in [1.165, 1.54) is 11.8 Å². The zero-order valence-corrected chi connectivity index (χ0v) is 21.5. The highest BCUT2D eigenvalue weighted by atomic mass is 79.9. The Morgan fingerprint density at radius 2 is 1.71 bits per heavy atom. The second-order valence-electron chi connectivity index (χ2n) is 7.52. The molecule has 0 aliphatic carbocycles. The molecule has 0 aliphatic heterocycles. The molecule has 178 valence electrons. The van der Waals surface area contributed by atoms with E-state index in [1.54, 1.807) is 33.4 Å². The highest BCUT2D eigenvalue weighted by molar-refractivity contribution is 9.10. The van der Waals surface area contributed by atoms with Crippen LogP contribution in [0.1, 0.15) is 20.8 Å². The van der Waals surface area contributed by atoms with Gasteiger partial charge in [-0.25, -0.2) is 4.79 Å². The van der Waals surface area contributed by atoms with Gasteiger partial charge in [-0.15, -0.1) is 10.2 Å². The number of carbonyl (C=O) groups is 1. The van der Waals surface area contributed by atoms with Crippen molar-refractivity contribution in [3.63, 3.8) is 0 Å². The van der Waals surface area contributed by atoms with E-state index in [9.17, 15) is 14.7 Å². The molecule has 0 bridgehead atoms. The largest absolute Gasteiger partial charge is 0.507 e. The van der Waals surface area contributed by atoms with Gasteiger partial charge in [-0.1, -0.05) is 27.7 Å². The molecule has 2 N–H and O–H groups in total. The predicted molar refractivity (Wildman–Crippen MR) is 137 cm³/mol. The minimum atomic E-state index is -0.192. The van der Waals surface area contributed by atoms with E-state index < -0.39 is 0 Å². The average molecular weight is 545 g/mol. The number of thioether (sulfide) groups is 1. The van der Waals surface area contributed by atoms with Gasteiger partial charge in [0, 0.05) is 29.8 Å². The zero-order chi connectivity index (χ0) is 24.4. The van der Waals surface area contributed by atoms with Crippen molar-refractivity contribution in [3.05, 3.63) is 51.4 Å².